The van der Waals surface area contributed by atoms with E-state index >= 15 is 0 Å². The van der Waals surface area contributed by atoms with Crippen LogP contribution in [0.25, 0.3) is 92.9 Å². The van der Waals surface area contributed by atoms with E-state index in [4.69, 9.17) is 11.0 Å². The highest BCUT2D eigenvalue weighted by Crippen LogP contribution is 2.45. The van der Waals surface area contributed by atoms with Crippen molar-refractivity contribution in [1.82, 2.24) is 9.13 Å². The first-order chi connectivity index (χ1) is 23.3. The van der Waals surface area contributed by atoms with Crippen LogP contribution in [0.2, 0.25) is 0 Å². The molecule has 10 aromatic rings. The van der Waals surface area contributed by atoms with Gasteiger partial charge in [0, 0.05) is 32.5 Å². The van der Waals surface area contributed by atoms with Gasteiger partial charge in [-0.25, -0.2) is 4.85 Å². The monoisotopic (exact) mass is 599 g/mol. The SMILES string of the molecule is [C-]#[N+]c1cccc(-c2ccccc2-n2c3ccccc3c3ccc4oc5ccccc5c4c32)c1-n1c2ccccc2c2ccccc21. The molecule has 0 saturated carbocycles. The molecule has 7 aromatic carbocycles. The molecule has 0 atom stereocenters. The average molecular weight is 600 g/mol. The second-order valence-corrected chi connectivity index (χ2v) is 12.0. The van der Waals surface area contributed by atoms with Crippen LogP contribution in [-0.2, 0) is 0 Å². The Kier molecular flexibility index (Phi) is 5.32. The van der Waals surface area contributed by atoms with Gasteiger partial charge in [0.2, 0.25) is 5.69 Å². The summed E-state index contributed by atoms with van der Waals surface area (Å²) < 4.78 is 11.1. The van der Waals surface area contributed by atoms with Crippen molar-refractivity contribution in [2.45, 2.75) is 0 Å². The zero-order valence-corrected chi connectivity index (χ0v) is 25.2. The minimum atomic E-state index is 0.606. The van der Waals surface area contributed by atoms with Gasteiger partial charge >= 0.3 is 0 Å². The molecule has 0 unspecified atom stereocenters. The van der Waals surface area contributed by atoms with Gasteiger partial charge in [-0.1, -0.05) is 109 Å². The van der Waals surface area contributed by atoms with Gasteiger partial charge < -0.3 is 13.6 Å². The lowest BCUT2D eigenvalue weighted by atomic mass is 9.99. The number of furan rings is 1. The molecule has 4 nitrogen and oxygen atoms in total. The minimum Gasteiger partial charge on any atom is -0.456 e. The number of hydrogen-bond donors (Lipinski definition) is 0. The van der Waals surface area contributed by atoms with Gasteiger partial charge in [-0.15, -0.1) is 0 Å². The van der Waals surface area contributed by atoms with Crippen molar-refractivity contribution in [3.8, 4) is 22.5 Å². The van der Waals surface area contributed by atoms with E-state index in [0.717, 1.165) is 66.5 Å². The molecule has 4 heteroatoms. The second kappa shape index (κ2) is 9.71. The molecule has 0 aliphatic heterocycles. The number of rotatable bonds is 3. The van der Waals surface area contributed by atoms with E-state index in [0.29, 0.717) is 5.69 Å². The van der Waals surface area contributed by atoms with Gasteiger partial charge in [0.05, 0.1) is 45.4 Å². The number of aromatic nitrogens is 2. The van der Waals surface area contributed by atoms with Crippen molar-refractivity contribution in [2.24, 2.45) is 0 Å². The quantitative estimate of drug-likeness (QED) is 0.186. The molecule has 0 saturated heterocycles. The summed E-state index contributed by atoms with van der Waals surface area (Å²) in [5.74, 6) is 0. The van der Waals surface area contributed by atoms with Gasteiger partial charge in [0.15, 0.2) is 0 Å². The highest BCUT2D eigenvalue weighted by molar-refractivity contribution is 6.24. The maximum atomic E-state index is 8.32. The van der Waals surface area contributed by atoms with Crippen molar-refractivity contribution in [3.05, 3.63) is 163 Å². The molecule has 47 heavy (non-hydrogen) atoms. The number of para-hydroxylation sites is 6. The van der Waals surface area contributed by atoms with Crippen molar-refractivity contribution in [2.75, 3.05) is 0 Å². The fraction of sp³-hybridized carbons (Fsp3) is 0. The Balaban J connectivity index is 1.37. The zero-order chi connectivity index (χ0) is 31.1. The normalized spacial score (nSPS) is 11.8. The predicted molar refractivity (Wildman–Crippen MR) is 194 cm³/mol. The van der Waals surface area contributed by atoms with Crippen LogP contribution in [0, 0.1) is 6.57 Å². The van der Waals surface area contributed by atoms with E-state index in [1.165, 1.54) is 21.5 Å². The molecule has 0 radical (unpaired) electrons. The Morgan fingerprint density at radius 2 is 1.02 bits per heavy atom. The molecule has 0 aliphatic rings. The highest BCUT2D eigenvalue weighted by atomic mass is 16.3. The van der Waals surface area contributed by atoms with Crippen LogP contribution in [0.5, 0.6) is 0 Å². The van der Waals surface area contributed by atoms with Crippen LogP contribution in [0.1, 0.15) is 0 Å². The minimum absolute atomic E-state index is 0.606. The molecule has 0 aliphatic carbocycles. The van der Waals surface area contributed by atoms with Gasteiger partial charge in [0.1, 0.15) is 11.2 Å². The van der Waals surface area contributed by atoms with E-state index in [9.17, 15) is 0 Å². The number of fused-ring (bicyclic) bond motifs is 10. The van der Waals surface area contributed by atoms with Crippen LogP contribution in [0.3, 0.4) is 0 Å². The van der Waals surface area contributed by atoms with Gasteiger partial charge in [-0.05, 0) is 48.0 Å². The molecule has 0 spiro atoms. The Morgan fingerprint density at radius 3 is 1.74 bits per heavy atom. The van der Waals surface area contributed by atoms with Crippen molar-refractivity contribution >= 4 is 71.2 Å². The summed E-state index contributed by atoms with van der Waals surface area (Å²) in [6.07, 6.45) is 0. The molecule has 3 aromatic heterocycles. The molecule has 0 fully saturated rings. The van der Waals surface area contributed by atoms with Crippen LogP contribution < -0.4 is 0 Å². The zero-order valence-electron chi connectivity index (χ0n) is 25.2. The lowest BCUT2D eigenvalue weighted by Crippen LogP contribution is -2.01. The maximum absolute atomic E-state index is 8.32. The summed E-state index contributed by atoms with van der Waals surface area (Å²) in [7, 11) is 0. The largest absolute Gasteiger partial charge is 0.456 e. The highest BCUT2D eigenvalue weighted by Gasteiger charge is 2.23. The molecule has 3 heterocycles. The van der Waals surface area contributed by atoms with Crippen molar-refractivity contribution < 1.29 is 4.42 Å². The first kappa shape index (κ1) is 25.7. The third-order valence-corrected chi connectivity index (χ3v) is 9.55. The second-order valence-electron chi connectivity index (χ2n) is 12.0. The number of nitrogens with zero attached hydrogens (tertiary/aromatic N) is 3. The number of hydrogen-bond acceptors (Lipinski definition) is 1. The average Bonchev–Trinajstić information content (AvgIpc) is 3.79. The fourth-order valence-corrected chi connectivity index (χ4v) is 7.65. The van der Waals surface area contributed by atoms with Gasteiger partial charge in [-0.3, -0.25) is 0 Å². The molecular weight excluding hydrogens is 574 g/mol. The molecule has 0 N–H and O–H groups in total. The van der Waals surface area contributed by atoms with E-state index in [2.05, 4.69) is 141 Å². The summed E-state index contributed by atoms with van der Waals surface area (Å²) in [5, 5.41) is 6.88. The van der Waals surface area contributed by atoms with Crippen LogP contribution in [0.4, 0.5) is 5.69 Å². The Hall–Kier alpha value is -6.57. The third-order valence-electron chi connectivity index (χ3n) is 9.55. The Bertz CT molecular complexity index is 2880. The summed E-state index contributed by atoms with van der Waals surface area (Å²) in [6, 6.07) is 52.8. The smallest absolute Gasteiger partial charge is 0.211 e. The fourth-order valence-electron chi connectivity index (χ4n) is 7.65. The topological polar surface area (TPSA) is 27.4 Å². The molecular formula is C43H25N3O. The lowest BCUT2D eigenvalue weighted by Gasteiger charge is -2.19. The summed E-state index contributed by atoms with van der Waals surface area (Å²) in [6.45, 7) is 8.32. The van der Waals surface area contributed by atoms with Crippen LogP contribution >= 0.6 is 0 Å². The first-order valence-corrected chi connectivity index (χ1v) is 15.7. The summed E-state index contributed by atoms with van der Waals surface area (Å²) in [4.78, 5) is 4.10. The van der Waals surface area contributed by atoms with Gasteiger partial charge in [0.25, 0.3) is 0 Å². The maximum Gasteiger partial charge on any atom is 0.211 e. The van der Waals surface area contributed by atoms with E-state index in [1.807, 2.05) is 24.3 Å². The van der Waals surface area contributed by atoms with Gasteiger partial charge in [-0.2, -0.15) is 0 Å². The van der Waals surface area contributed by atoms with Crippen LogP contribution in [0.15, 0.2) is 156 Å². The van der Waals surface area contributed by atoms with E-state index < -0.39 is 0 Å². The third kappa shape index (κ3) is 3.51. The predicted octanol–water partition coefficient (Wildman–Crippen LogP) is 12.0. The Morgan fingerprint density at radius 1 is 0.447 bits per heavy atom. The molecule has 0 amide bonds. The number of benzene rings is 7. The van der Waals surface area contributed by atoms with E-state index in [1.54, 1.807) is 0 Å². The van der Waals surface area contributed by atoms with Crippen LogP contribution in [-0.4, -0.2) is 9.13 Å². The molecule has 0 bridgehead atoms. The van der Waals surface area contributed by atoms with E-state index in [-0.39, 0.29) is 0 Å². The van der Waals surface area contributed by atoms with Crippen molar-refractivity contribution in [1.29, 1.82) is 0 Å². The summed E-state index contributed by atoms with van der Waals surface area (Å²) >= 11 is 0. The molecule has 10 rings (SSSR count). The first-order valence-electron chi connectivity index (χ1n) is 15.7. The Labute approximate surface area is 269 Å². The molecule has 218 valence electrons. The lowest BCUT2D eigenvalue weighted by molar-refractivity contribution is 0.669. The standard InChI is InChI=1S/C43H25N3O/c1-44-34-19-12-18-31(42(34)45-35-20-7-2-13-27(35)28-14-3-8-21-36(28)45)29-15-4-9-22-37(29)46-38-23-10-5-16-30(38)32-25-26-40-41(43(32)46)33-17-6-11-24-39(33)47-40/h2-26H. The summed E-state index contributed by atoms with van der Waals surface area (Å²) in [5.41, 5.74) is 10.7. The van der Waals surface area contributed by atoms with Crippen molar-refractivity contribution in [3.63, 3.8) is 0 Å².